The summed E-state index contributed by atoms with van der Waals surface area (Å²) in [5.41, 5.74) is 2.99. The van der Waals surface area contributed by atoms with E-state index in [0.717, 1.165) is 38.9 Å². The lowest BCUT2D eigenvalue weighted by molar-refractivity contribution is 0.344. The van der Waals surface area contributed by atoms with Crippen LogP contribution in [0, 0.1) is 0 Å². The molecule has 0 radical (unpaired) electrons. The van der Waals surface area contributed by atoms with Gasteiger partial charge in [0.2, 0.25) is 0 Å². The number of hydrogen-bond donors (Lipinski definition) is 1. The summed E-state index contributed by atoms with van der Waals surface area (Å²) in [5.74, 6) is 2.21. The highest BCUT2D eigenvalue weighted by molar-refractivity contribution is 7.99. The Hall–Kier alpha value is -2.93. The predicted molar refractivity (Wildman–Crippen MR) is 131 cm³/mol. The van der Waals surface area contributed by atoms with Gasteiger partial charge in [0.05, 0.1) is 6.61 Å². The minimum absolute atomic E-state index is 0.515. The van der Waals surface area contributed by atoms with E-state index in [1.165, 1.54) is 0 Å². The molecular formula is C24H18Cl2N4OS. The molecule has 3 aromatic carbocycles. The van der Waals surface area contributed by atoms with Crippen LogP contribution in [-0.4, -0.2) is 32.1 Å². The Morgan fingerprint density at radius 3 is 2.59 bits per heavy atom. The molecule has 2 aromatic heterocycles. The SMILES string of the molecule is Clc1ccc(-n2c(SCCOc3cccc(Cl)c3)nnc2-c2c[nH]c3ccccc23)cc1. The van der Waals surface area contributed by atoms with E-state index in [-0.39, 0.29) is 0 Å². The van der Waals surface area contributed by atoms with E-state index < -0.39 is 0 Å². The Morgan fingerprint density at radius 1 is 0.906 bits per heavy atom. The molecule has 0 amide bonds. The standard InChI is InChI=1S/C24H18Cl2N4OS/c25-16-8-10-18(11-9-16)30-23(21-15-27-22-7-2-1-6-20(21)22)28-29-24(30)32-13-12-31-19-5-3-4-17(26)14-19/h1-11,14-15,27H,12-13H2. The zero-order valence-corrected chi connectivity index (χ0v) is 19.2. The second-order valence-corrected chi connectivity index (χ2v) is 8.96. The van der Waals surface area contributed by atoms with Crippen LogP contribution in [0.3, 0.4) is 0 Å². The minimum Gasteiger partial charge on any atom is -0.493 e. The molecule has 1 N–H and O–H groups in total. The maximum atomic E-state index is 6.13. The topological polar surface area (TPSA) is 55.7 Å². The molecule has 0 unspecified atom stereocenters. The van der Waals surface area contributed by atoms with Crippen LogP contribution in [0.5, 0.6) is 5.75 Å². The third-order valence-electron chi connectivity index (χ3n) is 4.93. The number of para-hydroxylation sites is 1. The summed E-state index contributed by atoms with van der Waals surface area (Å²) in [4.78, 5) is 3.32. The molecular weight excluding hydrogens is 463 g/mol. The first-order valence-corrected chi connectivity index (χ1v) is 11.7. The van der Waals surface area contributed by atoms with Crippen molar-refractivity contribution in [2.45, 2.75) is 5.16 Å². The number of halogens is 2. The fourth-order valence-electron chi connectivity index (χ4n) is 3.47. The molecule has 32 heavy (non-hydrogen) atoms. The lowest BCUT2D eigenvalue weighted by Gasteiger charge is -2.11. The second-order valence-electron chi connectivity index (χ2n) is 7.02. The third kappa shape index (κ3) is 4.35. The first-order valence-electron chi connectivity index (χ1n) is 9.98. The fraction of sp³-hybridized carbons (Fsp3) is 0.0833. The van der Waals surface area contributed by atoms with Crippen LogP contribution in [0.2, 0.25) is 10.0 Å². The average Bonchev–Trinajstić information content (AvgIpc) is 3.41. The molecule has 0 aliphatic carbocycles. The number of nitrogens with zero attached hydrogens (tertiary/aromatic N) is 3. The van der Waals surface area contributed by atoms with Crippen molar-refractivity contribution >= 4 is 45.9 Å². The Labute approximate surface area is 199 Å². The van der Waals surface area contributed by atoms with Crippen molar-refractivity contribution in [1.29, 1.82) is 0 Å². The maximum Gasteiger partial charge on any atom is 0.196 e. The van der Waals surface area contributed by atoms with E-state index in [9.17, 15) is 0 Å². The number of ether oxygens (including phenoxy) is 1. The molecule has 0 aliphatic heterocycles. The molecule has 0 bridgehead atoms. The van der Waals surface area contributed by atoms with Crippen molar-refractivity contribution < 1.29 is 4.74 Å². The summed E-state index contributed by atoms with van der Waals surface area (Å²) >= 11 is 13.7. The van der Waals surface area contributed by atoms with Gasteiger partial charge < -0.3 is 9.72 Å². The van der Waals surface area contributed by atoms with Crippen LogP contribution < -0.4 is 4.74 Å². The summed E-state index contributed by atoms with van der Waals surface area (Å²) in [6.07, 6.45) is 1.97. The van der Waals surface area contributed by atoms with Gasteiger partial charge in [0.15, 0.2) is 11.0 Å². The highest BCUT2D eigenvalue weighted by atomic mass is 35.5. The van der Waals surface area contributed by atoms with Crippen molar-refractivity contribution in [3.8, 4) is 22.8 Å². The molecule has 5 nitrogen and oxygen atoms in total. The predicted octanol–water partition coefficient (Wildman–Crippen LogP) is 6.89. The number of thioether (sulfide) groups is 1. The highest BCUT2D eigenvalue weighted by Gasteiger charge is 2.19. The van der Waals surface area contributed by atoms with Gasteiger partial charge in [0.25, 0.3) is 0 Å². The first-order chi connectivity index (χ1) is 15.7. The van der Waals surface area contributed by atoms with Gasteiger partial charge in [-0.1, -0.05) is 59.2 Å². The number of hydrogen-bond acceptors (Lipinski definition) is 4. The lowest BCUT2D eigenvalue weighted by Crippen LogP contribution is -2.03. The molecule has 2 heterocycles. The number of nitrogens with one attached hydrogen (secondary N) is 1. The van der Waals surface area contributed by atoms with Crippen LogP contribution >= 0.6 is 35.0 Å². The van der Waals surface area contributed by atoms with Gasteiger partial charge in [-0.05, 0) is 48.5 Å². The van der Waals surface area contributed by atoms with Gasteiger partial charge in [0.1, 0.15) is 5.75 Å². The van der Waals surface area contributed by atoms with E-state index in [0.29, 0.717) is 22.4 Å². The molecule has 0 saturated heterocycles. The normalized spacial score (nSPS) is 11.2. The lowest BCUT2D eigenvalue weighted by atomic mass is 10.1. The molecule has 5 rings (SSSR count). The van der Waals surface area contributed by atoms with Crippen molar-refractivity contribution in [1.82, 2.24) is 19.7 Å². The fourth-order valence-corrected chi connectivity index (χ4v) is 4.54. The number of rotatable bonds is 7. The summed E-state index contributed by atoms with van der Waals surface area (Å²) < 4.78 is 7.87. The molecule has 0 atom stereocenters. The van der Waals surface area contributed by atoms with E-state index in [4.69, 9.17) is 27.9 Å². The third-order valence-corrected chi connectivity index (χ3v) is 6.31. The number of benzene rings is 3. The quantitative estimate of drug-likeness (QED) is 0.203. The van der Waals surface area contributed by atoms with Crippen molar-refractivity contribution in [2.24, 2.45) is 0 Å². The molecule has 5 aromatic rings. The summed E-state index contributed by atoms with van der Waals surface area (Å²) in [6, 6.07) is 23.2. The minimum atomic E-state index is 0.515. The van der Waals surface area contributed by atoms with Crippen molar-refractivity contribution in [3.63, 3.8) is 0 Å². The summed E-state index contributed by atoms with van der Waals surface area (Å²) in [5, 5.41) is 12.2. The molecule has 0 spiro atoms. The maximum absolute atomic E-state index is 6.13. The van der Waals surface area contributed by atoms with E-state index in [1.807, 2.05) is 66.9 Å². The molecule has 0 fully saturated rings. The van der Waals surface area contributed by atoms with E-state index in [2.05, 4.69) is 25.8 Å². The molecule has 0 saturated carbocycles. The Balaban J connectivity index is 1.44. The van der Waals surface area contributed by atoms with Gasteiger partial charge >= 0.3 is 0 Å². The first kappa shape index (κ1) is 20.9. The molecule has 160 valence electrons. The van der Waals surface area contributed by atoms with Gasteiger partial charge in [-0.15, -0.1) is 10.2 Å². The van der Waals surface area contributed by atoms with Crippen molar-refractivity contribution in [2.75, 3.05) is 12.4 Å². The summed E-state index contributed by atoms with van der Waals surface area (Å²) in [6.45, 7) is 0.515. The van der Waals surface area contributed by atoms with Gasteiger partial charge in [-0.3, -0.25) is 4.57 Å². The number of fused-ring (bicyclic) bond motifs is 1. The van der Waals surface area contributed by atoms with Crippen molar-refractivity contribution in [3.05, 3.63) is 89.0 Å². The van der Waals surface area contributed by atoms with E-state index in [1.54, 1.807) is 17.8 Å². The average molecular weight is 481 g/mol. The van der Waals surface area contributed by atoms with Crippen LogP contribution in [0.15, 0.2) is 84.1 Å². The van der Waals surface area contributed by atoms with Crippen LogP contribution in [-0.2, 0) is 0 Å². The highest BCUT2D eigenvalue weighted by Crippen LogP contribution is 2.32. The van der Waals surface area contributed by atoms with Gasteiger partial charge in [-0.25, -0.2) is 0 Å². The summed E-state index contributed by atoms with van der Waals surface area (Å²) in [7, 11) is 0. The zero-order chi connectivity index (χ0) is 21.9. The Kier molecular flexibility index (Phi) is 6.08. The number of aromatic amines is 1. The zero-order valence-electron chi connectivity index (χ0n) is 16.8. The van der Waals surface area contributed by atoms with Gasteiger partial charge in [-0.2, -0.15) is 0 Å². The molecule has 8 heteroatoms. The number of aromatic nitrogens is 4. The second kappa shape index (κ2) is 9.28. The van der Waals surface area contributed by atoms with E-state index >= 15 is 0 Å². The Bertz CT molecular complexity index is 1360. The Morgan fingerprint density at radius 2 is 1.75 bits per heavy atom. The number of H-pyrrole nitrogens is 1. The van der Waals surface area contributed by atoms with Crippen LogP contribution in [0.1, 0.15) is 0 Å². The van der Waals surface area contributed by atoms with Gasteiger partial charge in [0, 0.05) is 44.1 Å². The van der Waals surface area contributed by atoms with Crippen LogP contribution in [0.25, 0.3) is 28.0 Å². The molecule has 0 aliphatic rings. The van der Waals surface area contributed by atoms with Crippen LogP contribution in [0.4, 0.5) is 0 Å². The monoisotopic (exact) mass is 480 g/mol. The smallest absolute Gasteiger partial charge is 0.196 e. The largest absolute Gasteiger partial charge is 0.493 e.